The average Bonchev–Trinajstić information content (AvgIpc) is 3.24. The highest BCUT2D eigenvalue weighted by Crippen LogP contribution is 2.42. The lowest BCUT2D eigenvalue weighted by atomic mass is 9.92. The van der Waals surface area contributed by atoms with Crippen LogP contribution in [0.1, 0.15) is 44.2 Å². The Morgan fingerprint density at radius 1 is 1.24 bits per heavy atom. The van der Waals surface area contributed by atoms with Crippen LogP contribution in [0.3, 0.4) is 0 Å². The Kier molecular flexibility index (Phi) is 6.08. The molecule has 2 aliphatic carbocycles. The van der Waals surface area contributed by atoms with E-state index in [1.54, 1.807) is 11.3 Å². The highest BCUT2D eigenvalue weighted by atomic mass is 35.5. The first-order valence-corrected chi connectivity index (χ1v) is 11.6. The summed E-state index contributed by atoms with van der Waals surface area (Å²) in [5.41, 5.74) is 1.80. The third-order valence-electron chi connectivity index (χ3n) is 6.28. The first-order chi connectivity index (χ1) is 14.0. The molecule has 4 rings (SSSR count). The summed E-state index contributed by atoms with van der Waals surface area (Å²) in [4.78, 5) is 15.3. The summed E-state index contributed by atoms with van der Waals surface area (Å²) in [6.07, 6.45) is 7.21. The van der Waals surface area contributed by atoms with Crippen molar-refractivity contribution in [2.45, 2.75) is 46.1 Å². The van der Waals surface area contributed by atoms with E-state index in [0.717, 1.165) is 47.9 Å². The zero-order valence-corrected chi connectivity index (χ0v) is 18.6. The molecule has 8 heteroatoms. The Labute approximate surface area is 180 Å². The molecule has 3 N–H and O–H groups in total. The Morgan fingerprint density at radius 3 is 2.76 bits per heavy atom. The molecule has 29 heavy (non-hydrogen) atoms. The van der Waals surface area contributed by atoms with E-state index in [2.05, 4.69) is 41.6 Å². The van der Waals surface area contributed by atoms with Gasteiger partial charge in [0.2, 0.25) is 5.95 Å². The molecule has 0 unspecified atom stereocenters. The van der Waals surface area contributed by atoms with Gasteiger partial charge in [-0.2, -0.15) is 4.98 Å². The standard InChI is InChI=1S/C21H28ClN5OS/c1-4-23-21-26-18(22)17(20-25-14-7-5-6-8-16(14)29-20)19(27-21)24-15-9-13(10-28)11(2)12(15)3/h5,7,11-13,15,28H,4,6,8-10H2,1-3H3,(H2,23,24,26,27)/t11-,12+,13+,15+/m0/s1. The first kappa shape index (κ1) is 20.6. The van der Waals surface area contributed by atoms with Crippen molar-refractivity contribution in [2.75, 3.05) is 23.8 Å². The number of rotatable bonds is 6. The van der Waals surface area contributed by atoms with Gasteiger partial charge >= 0.3 is 0 Å². The summed E-state index contributed by atoms with van der Waals surface area (Å²) >= 11 is 8.33. The van der Waals surface area contributed by atoms with Gasteiger partial charge in [0.05, 0.1) is 11.3 Å². The number of aliphatic hydroxyl groups excluding tert-OH is 1. The summed E-state index contributed by atoms with van der Waals surface area (Å²) in [6.45, 7) is 7.39. The molecular weight excluding hydrogens is 406 g/mol. The molecule has 1 fully saturated rings. The highest BCUT2D eigenvalue weighted by Gasteiger charge is 2.38. The van der Waals surface area contributed by atoms with E-state index in [1.165, 1.54) is 4.88 Å². The van der Waals surface area contributed by atoms with E-state index < -0.39 is 0 Å². The molecule has 2 aromatic heterocycles. The molecule has 2 aromatic rings. The van der Waals surface area contributed by atoms with Crippen molar-refractivity contribution in [3.63, 3.8) is 0 Å². The van der Waals surface area contributed by atoms with Crippen LogP contribution in [0.15, 0.2) is 6.08 Å². The zero-order chi connectivity index (χ0) is 20.5. The number of hydrogen-bond acceptors (Lipinski definition) is 7. The van der Waals surface area contributed by atoms with Gasteiger partial charge in [0, 0.05) is 24.1 Å². The van der Waals surface area contributed by atoms with Gasteiger partial charge in [-0.15, -0.1) is 11.3 Å². The Morgan fingerprint density at radius 2 is 2.07 bits per heavy atom. The number of aromatic nitrogens is 3. The largest absolute Gasteiger partial charge is 0.396 e. The summed E-state index contributed by atoms with van der Waals surface area (Å²) in [6, 6.07) is 0.218. The molecule has 0 radical (unpaired) electrons. The van der Waals surface area contributed by atoms with Crippen molar-refractivity contribution in [3.05, 3.63) is 21.8 Å². The van der Waals surface area contributed by atoms with Crippen molar-refractivity contribution in [3.8, 4) is 10.6 Å². The first-order valence-electron chi connectivity index (χ1n) is 10.4. The number of thiazole rings is 1. The van der Waals surface area contributed by atoms with Crippen LogP contribution in [-0.4, -0.2) is 39.3 Å². The predicted octanol–water partition coefficient (Wildman–Crippen LogP) is 4.71. The van der Waals surface area contributed by atoms with E-state index in [1.807, 2.05) is 6.92 Å². The van der Waals surface area contributed by atoms with Crippen molar-refractivity contribution in [1.82, 2.24) is 15.0 Å². The van der Waals surface area contributed by atoms with Crippen LogP contribution in [0.4, 0.5) is 11.8 Å². The molecule has 0 spiro atoms. The second-order valence-corrected chi connectivity index (χ2v) is 9.45. The third-order valence-corrected chi connectivity index (χ3v) is 7.70. The fraction of sp³-hybridized carbons (Fsp3) is 0.571. The fourth-order valence-corrected chi connectivity index (χ4v) is 5.74. The monoisotopic (exact) mass is 433 g/mol. The minimum absolute atomic E-state index is 0.218. The molecule has 0 bridgehead atoms. The van der Waals surface area contributed by atoms with Crippen molar-refractivity contribution >= 4 is 40.8 Å². The molecule has 6 nitrogen and oxygen atoms in total. The average molecular weight is 434 g/mol. The van der Waals surface area contributed by atoms with Crippen molar-refractivity contribution in [1.29, 1.82) is 0 Å². The van der Waals surface area contributed by atoms with E-state index in [-0.39, 0.29) is 12.6 Å². The molecule has 1 saturated carbocycles. The maximum Gasteiger partial charge on any atom is 0.226 e. The predicted molar refractivity (Wildman–Crippen MR) is 121 cm³/mol. The molecule has 0 aromatic carbocycles. The lowest BCUT2D eigenvalue weighted by Crippen LogP contribution is -2.25. The quantitative estimate of drug-likeness (QED) is 0.572. The summed E-state index contributed by atoms with van der Waals surface area (Å²) in [5.74, 6) is 2.41. The normalized spacial score (nSPS) is 25.8. The molecule has 0 saturated heterocycles. The van der Waals surface area contributed by atoms with Gasteiger partial charge in [-0.3, -0.25) is 0 Å². The van der Waals surface area contributed by atoms with Crippen LogP contribution in [0.25, 0.3) is 16.6 Å². The molecule has 156 valence electrons. The molecule has 2 heterocycles. The number of halogens is 1. The lowest BCUT2D eigenvalue weighted by Gasteiger charge is -2.22. The van der Waals surface area contributed by atoms with E-state index >= 15 is 0 Å². The second kappa shape index (κ2) is 8.58. The second-order valence-electron chi connectivity index (χ2n) is 8.01. The number of aliphatic hydroxyl groups is 1. The van der Waals surface area contributed by atoms with Gasteiger partial charge in [0.15, 0.2) is 0 Å². The van der Waals surface area contributed by atoms with Gasteiger partial charge in [-0.05, 0) is 50.0 Å². The van der Waals surface area contributed by atoms with Crippen LogP contribution in [0, 0.1) is 17.8 Å². The SMILES string of the molecule is CCNc1nc(Cl)c(-c2nc3c(s2)CCC=C3)c(N[C@@H]2C[C@H](CO)[C@@H](C)[C@H]2C)n1. The fourth-order valence-electron chi connectivity index (χ4n) is 4.31. The van der Waals surface area contributed by atoms with Crippen LogP contribution in [-0.2, 0) is 6.42 Å². The zero-order valence-electron chi connectivity index (χ0n) is 17.1. The maximum atomic E-state index is 9.72. The minimum atomic E-state index is 0.218. The van der Waals surface area contributed by atoms with Crippen LogP contribution < -0.4 is 10.6 Å². The van der Waals surface area contributed by atoms with Gasteiger partial charge in [0.25, 0.3) is 0 Å². The van der Waals surface area contributed by atoms with Gasteiger partial charge < -0.3 is 15.7 Å². The number of nitrogens with one attached hydrogen (secondary N) is 2. The van der Waals surface area contributed by atoms with E-state index in [9.17, 15) is 5.11 Å². The summed E-state index contributed by atoms with van der Waals surface area (Å²) in [5, 5.41) is 17.8. The third kappa shape index (κ3) is 4.00. The Balaban J connectivity index is 1.73. The molecule has 0 aliphatic heterocycles. The van der Waals surface area contributed by atoms with E-state index in [0.29, 0.717) is 28.9 Å². The van der Waals surface area contributed by atoms with E-state index in [4.69, 9.17) is 21.6 Å². The van der Waals surface area contributed by atoms with Gasteiger partial charge in [0.1, 0.15) is 16.0 Å². The number of hydrogen-bond donors (Lipinski definition) is 3. The topological polar surface area (TPSA) is 83.0 Å². The van der Waals surface area contributed by atoms with Crippen molar-refractivity contribution in [2.24, 2.45) is 17.8 Å². The molecular formula is C21H28ClN5OS. The smallest absolute Gasteiger partial charge is 0.226 e. The van der Waals surface area contributed by atoms with Crippen LogP contribution in [0.2, 0.25) is 5.15 Å². The Bertz CT molecular complexity index is 915. The number of anilines is 2. The number of allylic oxidation sites excluding steroid dienone is 1. The molecule has 0 amide bonds. The van der Waals surface area contributed by atoms with Crippen LogP contribution >= 0.6 is 22.9 Å². The lowest BCUT2D eigenvalue weighted by molar-refractivity contribution is 0.191. The van der Waals surface area contributed by atoms with Gasteiger partial charge in [-0.25, -0.2) is 9.97 Å². The molecule has 4 atom stereocenters. The van der Waals surface area contributed by atoms with Crippen molar-refractivity contribution < 1.29 is 5.11 Å². The summed E-state index contributed by atoms with van der Waals surface area (Å²) < 4.78 is 0. The van der Waals surface area contributed by atoms with Gasteiger partial charge in [-0.1, -0.05) is 31.5 Å². The maximum absolute atomic E-state index is 9.72. The Hall–Kier alpha value is -1.70. The number of nitrogens with zero attached hydrogens (tertiary/aromatic N) is 3. The summed E-state index contributed by atoms with van der Waals surface area (Å²) in [7, 11) is 0. The minimum Gasteiger partial charge on any atom is -0.396 e. The number of fused-ring (bicyclic) bond motifs is 1. The highest BCUT2D eigenvalue weighted by molar-refractivity contribution is 7.15. The molecule has 2 aliphatic rings. The van der Waals surface area contributed by atoms with Crippen LogP contribution in [0.5, 0.6) is 0 Å². The number of aryl methyl sites for hydroxylation is 1.